The van der Waals surface area contributed by atoms with Gasteiger partial charge in [0.2, 0.25) is 0 Å². The summed E-state index contributed by atoms with van der Waals surface area (Å²) in [6, 6.07) is 11.3. The molecule has 1 aliphatic rings. The molecule has 6 nitrogen and oxygen atoms in total. The molecule has 1 fully saturated rings. The van der Waals surface area contributed by atoms with E-state index >= 15 is 0 Å². The minimum Gasteiger partial charge on any atom is -0.370 e. The highest BCUT2D eigenvalue weighted by molar-refractivity contribution is 6.08. The predicted molar refractivity (Wildman–Crippen MR) is 102 cm³/mol. The molecule has 3 aromatic rings. The third kappa shape index (κ3) is 3.69. The molecule has 0 saturated heterocycles. The summed E-state index contributed by atoms with van der Waals surface area (Å²) in [6.07, 6.45) is 9.97. The van der Waals surface area contributed by atoms with Crippen LogP contribution in [0.25, 0.3) is 5.65 Å². The minimum absolute atomic E-state index is 0.205. The zero-order chi connectivity index (χ0) is 17.8. The second kappa shape index (κ2) is 7.56. The Bertz CT molecular complexity index is 884. The Morgan fingerprint density at radius 1 is 1.12 bits per heavy atom. The molecular weight excluding hydrogens is 326 g/mol. The third-order valence-electron chi connectivity index (χ3n) is 4.94. The number of para-hydroxylation sites is 1. The predicted octanol–water partition coefficient (Wildman–Crippen LogP) is 3.97. The van der Waals surface area contributed by atoms with Crippen LogP contribution >= 0.6 is 0 Å². The van der Waals surface area contributed by atoms with Crippen LogP contribution in [0.1, 0.15) is 42.5 Å². The summed E-state index contributed by atoms with van der Waals surface area (Å²) in [6.45, 7) is 0.933. The van der Waals surface area contributed by atoms with Gasteiger partial charge in [-0.15, -0.1) is 0 Å². The minimum atomic E-state index is -0.205. The van der Waals surface area contributed by atoms with Crippen LogP contribution in [0.15, 0.2) is 48.8 Å². The number of anilines is 2. The van der Waals surface area contributed by atoms with E-state index in [0.29, 0.717) is 17.1 Å². The first-order valence-electron chi connectivity index (χ1n) is 9.24. The first kappa shape index (κ1) is 16.6. The SMILES string of the molecule is O=C(Nc1ccccc1)c1cnn2ccc(NCC3CCCCC3)nc12. The van der Waals surface area contributed by atoms with Crippen molar-refractivity contribution in [2.75, 3.05) is 17.2 Å². The summed E-state index contributed by atoms with van der Waals surface area (Å²) in [4.78, 5) is 17.2. The number of aromatic nitrogens is 3. The highest BCUT2D eigenvalue weighted by atomic mass is 16.1. The average Bonchev–Trinajstić information content (AvgIpc) is 3.11. The number of hydrogen-bond acceptors (Lipinski definition) is 4. The van der Waals surface area contributed by atoms with Crippen molar-refractivity contribution < 1.29 is 4.79 Å². The summed E-state index contributed by atoms with van der Waals surface area (Å²) < 4.78 is 1.63. The lowest BCUT2D eigenvalue weighted by atomic mass is 9.89. The highest BCUT2D eigenvalue weighted by Gasteiger charge is 2.16. The van der Waals surface area contributed by atoms with Gasteiger partial charge < -0.3 is 10.6 Å². The second-order valence-corrected chi connectivity index (χ2v) is 6.84. The molecule has 1 aliphatic carbocycles. The number of nitrogens with zero attached hydrogens (tertiary/aromatic N) is 3. The van der Waals surface area contributed by atoms with Crippen molar-refractivity contribution in [1.82, 2.24) is 14.6 Å². The smallest absolute Gasteiger partial charge is 0.261 e. The number of amides is 1. The number of carbonyl (C=O) groups excluding carboxylic acids is 1. The summed E-state index contributed by atoms with van der Waals surface area (Å²) in [5, 5.41) is 10.6. The molecule has 6 heteroatoms. The van der Waals surface area contributed by atoms with E-state index in [1.54, 1.807) is 10.7 Å². The molecule has 0 bridgehead atoms. The summed E-state index contributed by atoms with van der Waals surface area (Å²) in [7, 11) is 0. The fraction of sp³-hybridized carbons (Fsp3) is 0.350. The van der Waals surface area contributed by atoms with Gasteiger partial charge in [0, 0.05) is 18.4 Å². The Morgan fingerprint density at radius 3 is 2.73 bits per heavy atom. The number of nitrogens with one attached hydrogen (secondary N) is 2. The van der Waals surface area contributed by atoms with Crippen LogP contribution in [0.3, 0.4) is 0 Å². The Balaban J connectivity index is 1.49. The molecule has 0 atom stereocenters. The standard InChI is InChI=1S/C20H23N5O/c26-20(23-16-9-5-2-6-10-16)17-14-22-25-12-11-18(24-19(17)25)21-13-15-7-3-1-4-8-15/h2,5-6,9-12,14-15H,1,3-4,7-8,13H2,(H,21,24)(H,23,26). The molecule has 2 aromatic heterocycles. The van der Waals surface area contributed by atoms with Crippen molar-refractivity contribution >= 4 is 23.1 Å². The van der Waals surface area contributed by atoms with Gasteiger partial charge in [-0.25, -0.2) is 9.50 Å². The van der Waals surface area contributed by atoms with E-state index in [0.717, 1.165) is 18.1 Å². The van der Waals surface area contributed by atoms with Crippen molar-refractivity contribution in [2.45, 2.75) is 32.1 Å². The summed E-state index contributed by atoms with van der Waals surface area (Å²) in [5.41, 5.74) is 1.78. The summed E-state index contributed by atoms with van der Waals surface area (Å²) in [5.74, 6) is 1.30. The van der Waals surface area contributed by atoms with Crippen LogP contribution in [0.4, 0.5) is 11.5 Å². The second-order valence-electron chi connectivity index (χ2n) is 6.84. The fourth-order valence-corrected chi connectivity index (χ4v) is 3.49. The van der Waals surface area contributed by atoms with Gasteiger partial charge in [0.15, 0.2) is 5.65 Å². The maximum Gasteiger partial charge on any atom is 0.261 e. The zero-order valence-electron chi connectivity index (χ0n) is 14.7. The fourth-order valence-electron chi connectivity index (χ4n) is 3.49. The van der Waals surface area contributed by atoms with Crippen LogP contribution in [0.5, 0.6) is 0 Å². The molecule has 1 saturated carbocycles. The number of rotatable bonds is 5. The first-order chi connectivity index (χ1) is 12.8. The van der Waals surface area contributed by atoms with E-state index < -0.39 is 0 Å². The van der Waals surface area contributed by atoms with Crippen LogP contribution < -0.4 is 10.6 Å². The van der Waals surface area contributed by atoms with E-state index in [9.17, 15) is 4.79 Å². The molecule has 4 rings (SSSR count). The molecule has 2 N–H and O–H groups in total. The van der Waals surface area contributed by atoms with Crippen LogP contribution in [0.2, 0.25) is 0 Å². The van der Waals surface area contributed by atoms with Crippen molar-refractivity contribution in [1.29, 1.82) is 0 Å². The molecule has 134 valence electrons. The molecular formula is C20H23N5O. The lowest BCUT2D eigenvalue weighted by Gasteiger charge is -2.21. The molecule has 0 spiro atoms. The maximum absolute atomic E-state index is 12.6. The zero-order valence-corrected chi connectivity index (χ0v) is 14.7. The molecule has 1 amide bonds. The van der Waals surface area contributed by atoms with Gasteiger partial charge in [-0.05, 0) is 37.0 Å². The lowest BCUT2D eigenvalue weighted by molar-refractivity contribution is 0.102. The van der Waals surface area contributed by atoms with Crippen molar-refractivity contribution in [3.8, 4) is 0 Å². The van der Waals surface area contributed by atoms with E-state index in [4.69, 9.17) is 0 Å². The van der Waals surface area contributed by atoms with Gasteiger partial charge in [0.05, 0.1) is 6.20 Å². The third-order valence-corrected chi connectivity index (χ3v) is 4.94. The number of carbonyl (C=O) groups is 1. The van der Waals surface area contributed by atoms with Gasteiger partial charge >= 0.3 is 0 Å². The Kier molecular flexibility index (Phi) is 4.82. The average molecular weight is 349 g/mol. The van der Waals surface area contributed by atoms with Crippen LogP contribution in [0, 0.1) is 5.92 Å². The van der Waals surface area contributed by atoms with E-state index in [1.165, 1.54) is 32.1 Å². The number of hydrogen-bond donors (Lipinski definition) is 2. The number of fused-ring (bicyclic) bond motifs is 1. The Labute approximate surface area is 152 Å². The first-order valence-corrected chi connectivity index (χ1v) is 9.24. The Morgan fingerprint density at radius 2 is 1.92 bits per heavy atom. The maximum atomic E-state index is 12.6. The Hall–Kier alpha value is -2.89. The van der Waals surface area contributed by atoms with Gasteiger partial charge in [0.1, 0.15) is 11.4 Å². The van der Waals surface area contributed by atoms with Crippen LogP contribution in [-0.2, 0) is 0 Å². The van der Waals surface area contributed by atoms with Gasteiger partial charge in [-0.1, -0.05) is 37.5 Å². The largest absolute Gasteiger partial charge is 0.370 e. The normalized spacial score (nSPS) is 15.1. The molecule has 1 aromatic carbocycles. The molecule has 2 heterocycles. The van der Waals surface area contributed by atoms with Crippen LogP contribution in [-0.4, -0.2) is 27.0 Å². The monoisotopic (exact) mass is 349 g/mol. The summed E-state index contributed by atoms with van der Waals surface area (Å²) >= 11 is 0. The quantitative estimate of drug-likeness (QED) is 0.731. The molecule has 0 unspecified atom stereocenters. The molecule has 26 heavy (non-hydrogen) atoms. The van der Waals surface area contributed by atoms with Crippen molar-refractivity contribution in [3.05, 3.63) is 54.4 Å². The lowest BCUT2D eigenvalue weighted by Crippen LogP contribution is -2.18. The molecule has 0 radical (unpaired) electrons. The molecule has 0 aliphatic heterocycles. The van der Waals surface area contributed by atoms with E-state index in [-0.39, 0.29) is 5.91 Å². The van der Waals surface area contributed by atoms with Gasteiger partial charge in [-0.3, -0.25) is 4.79 Å². The van der Waals surface area contributed by atoms with E-state index in [1.807, 2.05) is 42.6 Å². The van der Waals surface area contributed by atoms with E-state index in [2.05, 4.69) is 20.7 Å². The number of benzene rings is 1. The van der Waals surface area contributed by atoms with Gasteiger partial charge in [-0.2, -0.15) is 5.10 Å². The van der Waals surface area contributed by atoms with Gasteiger partial charge in [0.25, 0.3) is 5.91 Å². The van der Waals surface area contributed by atoms with Crippen molar-refractivity contribution in [2.24, 2.45) is 5.92 Å². The van der Waals surface area contributed by atoms with Crippen molar-refractivity contribution in [3.63, 3.8) is 0 Å². The topological polar surface area (TPSA) is 71.3 Å². The highest BCUT2D eigenvalue weighted by Crippen LogP contribution is 2.24.